The minimum absolute atomic E-state index is 0.188. The van der Waals surface area contributed by atoms with E-state index in [9.17, 15) is 9.90 Å². The van der Waals surface area contributed by atoms with E-state index in [-0.39, 0.29) is 11.7 Å². The van der Waals surface area contributed by atoms with Gasteiger partial charge in [0.05, 0.1) is 13.2 Å². The molecule has 2 aromatic carbocycles. The predicted octanol–water partition coefficient (Wildman–Crippen LogP) is 1.91. The molecule has 0 bridgehead atoms. The highest BCUT2D eigenvalue weighted by molar-refractivity contribution is 5.95. The van der Waals surface area contributed by atoms with Crippen LogP contribution in [-0.2, 0) is 11.2 Å². The van der Waals surface area contributed by atoms with E-state index in [0.29, 0.717) is 17.9 Å². The Hall–Kier alpha value is -2.53. The van der Waals surface area contributed by atoms with Crippen molar-refractivity contribution in [1.82, 2.24) is 0 Å². The first-order valence-electron chi connectivity index (χ1n) is 6.57. The van der Waals surface area contributed by atoms with E-state index in [1.54, 1.807) is 55.6 Å². The lowest BCUT2D eigenvalue weighted by Gasteiger charge is -2.13. The summed E-state index contributed by atoms with van der Waals surface area (Å²) in [6, 6.07) is 13.1. The summed E-state index contributed by atoms with van der Waals surface area (Å²) in [4.78, 5) is 12.1. The SMILES string of the molecule is COc1cccc(NC(=O)C(N)Cc2ccc(O)cc2)c1. The molecule has 0 spiro atoms. The molecule has 0 heterocycles. The third-order valence-corrected chi connectivity index (χ3v) is 3.07. The van der Waals surface area contributed by atoms with Crippen LogP contribution in [0.25, 0.3) is 0 Å². The highest BCUT2D eigenvalue weighted by Gasteiger charge is 2.14. The number of carbonyl (C=O) groups is 1. The lowest BCUT2D eigenvalue weighted by molar-refractivity contribution is -0.117. The number of nitrogens with two attached hydrogens (primary N) is 1. The Bertz CT molecular complexity index is 611. The van der Waals surface area contributed by atoms with Crippen LogP contribution in [0.2, 0.25) is 0 Å². The summed E-state index contributed by atoms with van der Waals surface area (Å²) in [6.07, 6.45) is 0.399. The minimum atomic E-state index is -0.666. The van der Waals surface area contributed by atoms with E-state index in [1.165, 1.54) is 0 Å². The molecule has 2 rings (SSSR count). The summed E-state index contributed by atoms with van der Waals surface area (Å²) in [6.45, 7) is 0. The number of hydrogen-bond donors (Lipinski definition) is 3. The fraction of sp³-hybridized carbons (Fsp3) is 0.188. The van der Waals surface area contributed by atoms with Gasteiger partial charge in [-0.15, -0.1) is 0 Å². The van der Waals surface area contributed by atoms with E-state index in [1.807, 2.05) is 0 Å². The number of phenols is 1. The molecule has 4 N–H and O–H groups in total. The first kappa shape index (κ1) is 14.9. The van der Waals surface area contributed by atoms with E-state index in [2.05, 4.69) is 5.32 Å². The maximum Gasteiger partial charge on any atom is 0.241 e. The summed E-state index contributed by atoms with van der Waals surface area (Å²) in [5.41, 5.74) is 7.43. The van der Waals surface area contributed by atoms with Crippen LogP contribution in [0, 0.1) is 0 Å². The van der Waals surface area contributed by atoms with E-state index < -0.39 is 6.04 Å². The number of benzene rings is 2. The monoisotopic (exact) mass is 286 g/mol. The van der Waals surface area contributed by atoms with Gasteiger partial charge in [0, 0.05) is 11.8 Å². The van der Waals surface area contributed by atoms with Crippen molar-refractivity contribution in [3.05, 3.63) is 54.1 Å². The Labute approximate surface area is 123 Å². The van der Waals surface area contributed by atoms with Crippen molar-refractivity contribution in [2.45, 2.75) is 12.5 Å². The summed E-state index contributed by atoms with van der Waals surface area (Å²) in [5, 5.41) is 12.0. The number of amides is 1. The highest BCUT2D eigenvalue weighted by atomic mass is 16.5. The number of methoxy groups -OCH3 is 1. The molecule has 1 amide bonds. The van der Waals surface area contributed by atoms with Crippen molar-refractivity contribution < 1.29 is 14.6 Å². The zero-order chi connectivity index (χ0) is 15.2. The molecule has 5 heteroatoms. The molecule has 1 atom stereocenters. The van der Waals surface area contributed by atoms with E-state index in [4.69, 9.17) is 10.5 Å². The molecular weight excluding hydrogens is 268 g/mol. The second-order valence-electron chi connectivity index (χ2n) is 4.70. The molecule has 0 saturated heterocycles. The Morgan fingerprint density at radius 2 is 2.00 bits per heavy atom. The Balaban J connectivity index is 1.97. The quantitative estimate of drug-likeness (QED) is 0.784. The van der Waals surface area contributed by atoms with Gasteiger partial charge in [0.25, 0.3) is 0 Å². The molecule has 0 aliphatic heterocycles. The van der Waals surface area contributed by atoms with Gasteiger partial charge in [0.15, 0.2) is 0 Å². The van der Waals surface area contributed by atoms with Crippen molar-refractivity contribution >= 4 is 11.6 Å². The molecule has 1 unspecified atom stereocenters. The molecule has 21 heavy (non-hydrogen) atoms. The van der Waals surface area contributed by atoms with Crippen LogP contribution in [0.5, 0.6) is 11.5 Å². The smallest absolute Gasteiger partial charge is 0.241 e. The molecular formula is C16H18N2O3. The van der Waals surface area contributed by atoms with Gasteiger partial charge in [0.2, 0.25) is 5.91 Å². The van der Waals surface area contributed by atoms with Gasteiger partial charge in [-0.05, 0) is 36.2 Å². The van der Waals surface area contributed by atoms with Crippen LogP contribution in [0.1, 0.15) is 5.56 Å². The average Bonchev–Trinajstić information content (AvgIpc) is 2.49. The molecule has 0 fully saturated rings. The van der Waals surface area contributed by atoms with E-state index in [0.717, 1.165) is 5.56 Å². The third-order valence-electron chi connectivity index (χ3n) is 3.07. The van der Waals surface area contributed by atoms with E-state index >= 15 is 0 Å². The number of hydrogen-bond acceptors (Lipinski definition) is 4. The summed E-state index contributed by atoms with van der Waals surface area (Å²) < 4.78 is 5.10. The molecule has 5 nitrogen and oxygen atoms in total. The average molecular weight is 286 g/mol. The second-order valence-corrected chi connectivity index (χ2v) is 4.70. The van der Waals surface area contributed by atoms with Crippen LogP contribution < -0.4 is 15.8 Å². The number of anilines is 1. The second kappa shape index (κ2) is 6.76. The van der Waals surface area contributed by atoms with Crippen LogP contribution in [-0.4, -0.2) is 24.2 Å². The molecule has 0 aliphatic carbocycles. The molecule has 110 valence electrons. The van der Waals surface area contributed by atoms with Gasteiger partial charge in [-0.2, -0.15) is 0 Å². The van der Waals surface area contributed by atoms with Gasteiger partial charge >= 0.3 is 0 Å². The van der Waals surface area contributed by atoms with Crippen molar-refractivity contribution in [3.63, 3.8) is 0 Å². The Morgan fingerprint density at radius 1 is 1.29 bits per heavy atom. The van der Waals surface area contributed by atoms with Gasteiger partial charge in [0.1, 0.15) is 11.5 Å². The Kier molecular flexibility index (Phi) is 4.79. The molecule has 0 saturated carbocycles. The summed E-state index contributed by atoms with van der Waals surface area (Å²) in [7, 11) is 1.57. The number of ether oxygens (including phenoxy) is 1. The zero-order valence-corrected chi connectivity index (χ0v) is 11.7. The lowest BCUT2D eigenvalue weighted by atomic mass is 10.1. The molecule has 0 aliphatic rings. The number of aromatic hydroxyl groups is 1. The zero-order valence-electron chi connectivity index (χ0n) is 11.7. The number of phenolic OH excluding ortho intramolecular Hbond substituents is 1. The first-order chi connectivity index (χ1) is 10.1. The number of carbonyl (C=O) groups excluding carboxylic acids is 1. The van der Waals surface area contributed by atoms with Crippen LogP contribution >= 0.6 is 0 Å². The normalized spacial score (nSPS) is 11.7. The van der Waals surface area contributed by atoms with Crippen LogP contribution in [0.4, 0.5) is 5.69 Å². The summed E-state index contributed by atoms with van der Waals surface area (Å²) in [5.74, 6) is 0.587. The molecule has 0 aromatic heterocycles. The fourth-order valence-corrected chi connectivity index (χ4v) is 1.91. The minimum Gasteiger partial charge on any atom is -0.508 e. The van der Waals surface area contributed by atoms with Gasteiger partial charge in [-0.1, -0.05) is 18.2 Å². The topological polar surface area (TPSA) is 84.6 Å². The predicted molar refractivity (Wildman–Crippen MR) is 81.4 cm³/mol. The lowest BCUT2D eigenvalue weighted by Crippen LogP contribution is -2.37. The van der Waals surface area contributed by atoms with Crippen molar-refractivity contribution in [2.24, 2.45) is 5.73 Å². The van der Waals surface area contributed by atoms with Gasteiger partial charge in [-0.3, -0.25) is 4.79 Å². The first-order valence-corrected chi connectivity index (χ1v) is 6.57. The highest BCUT2D eigenvalue weighted by Crippen LogP contribution is 2.17. The molecule has 0 radical (unpaired) electrons. The fourth-order valence-electron chi connectivity index (χ4n) is 1.91. The number of nitrogens with one attached hydrogen (secondary N) is 1. The van der Waals surface area contributed by atoms with Crippen LogP contribution in [0.15, 0.2) is 48.5 Å². The third kappa shape index (κ3) is 4.22. The van der Waals surface area contributed by atoms with Crippen molar-refractivity contribution in [3.8, 4) is 11.5 Å². The van der Waals surface area contributed by atoms with Gasteiger partial charge < -0.3 is 20.9 Å². The standard InChI is InChI=1S/C16H18N2O3/c1-21-14-4-2-3-12(10-14)18-16(20)15(17)9-11-5-7-13(19)8-6-11/h2-8,10,15,19H,9,17H2,1H3,(H,18,20). The van der Waals surface area contributed by atoms with Gasteiger partial charge in [-0.25, -0.2) is 0 Å². The Morgan fingerprint density at radius 3 is 2.67 bits per heavy atom. The van der Waals surface area contributed by atoms with Crippen molar-refractivity contribution in [1.29, 1.82) is 0 Å². The van der Waals surface area contributed by atoms with Crippen LogP contribution in [0.3, 0.4) is 0 Å². The largest absolute Gasteiger partial charge is 0.508 e. The molecule has 2 aromatic rings. The maximum absolute atomic E-state index is 12.1. The maximum atomic E-state index is 12.1. The number of rotatable bonds is 5. The summed E-state index contributed by atoms with van der Waals surface area (Å²) >= 11 is 0. The van der Waals surface area contributed by atoms with Crippen molar-refractivity contribution in [2.75, 3.05) is 12.4 Å².